The summed E-state index contributed by atoms with van der Waals surface area (Å²) < 4.78 is 15.8. The summed E-state index contributed by atoms with van der Waals surface area (Å²) in [6.07, 6.45) is 8.00. The van der Waals surface area contributed by atoms with Crippen LogP contribution in [0.5, 0.6) is 0 Å². The molecule has 0 bridgehead atoms. The minimum Gasteiger partial charge on any atom is -0.348 e. The number of fused-ring (bicyclic) bond motifs is 2. The Bertz CT molecular complexity index is 1170. The summed E-state index contributed by atoms with van der Waals surface area (Å²) in [6.45, 7) is 7.12. The van der Waals surface area contributed by atoms with Crippen molar-refractivity contribution in [2.45, 2.75) is 38.6 Å². The van der Waals surface area contributed by atoms with Crippen LogP contribution in [0.2, 0.25) is 0 Å². The molecule has 7 nitrogen and oxygen atoms in total. The average molecular weight is 391 g/mol. The van der Waals surface area contributed by atoms with Crippen LogP contribution in [0.3, 0.4) is 0 Å². The smallest absolute Gasteiger partial charge is 0.226 e. The van der Waals surface area contributed by atoms with Gasteiger partial charge in [-0.2, -0.15) is 5.10 Å². The van der Waals surface area contributed by atoms with Gasteiger partial charge in [-0.05, 0) is 29.2 Å². The zero-order valence-electron chi connectivity index (χ0n) is 16.6. The molecule has 5 heterocycles. The van der Waals surface area contributed by atoms with Crippen molar-refractivity contribution in [3.8, 4) is 0 Å². The lowest BCUT2D eigenvalue weighted by molar-refractivity contribution is 0.575. The van der Waals surface area contributed by atoms with Crippen molar-refractivity contribution >= 4 is 11.5 Å². The summed E-state index contributed by atoms with van der Waals surface area (Å²) in [4.78, 5) is 19.1. The highest BCUT2D eigenvalue weighted by Crippen LogP contribution is 2.35. The number of anilines is 1. The van der Waals surface area contributed by atoms with Gasteiger partial charge in [0.1, 0.15) is 17.4 Å². The fourth-order valence-electron chi connectivity index (χ4n) is 3.78. The third kappa shape index (κ3) is 2.95. The van der Waals surface area contributed by atoms with Gasteiger partial charge >= 0.3 is 0 Å². The van der Waals surface area contributed by atoms with Gasteiger partial charge in [-0.25, -0.2) is 23.9 Å². The molecule has 1 aliphatic rings. The lowest BCUT2D eigenvalue weighted by atomic mass is 9.89. The molecule has 4 aromatic rings. The van der Waals surface area contributed by atoms with Crippen LogP contribution < -0.4 is 4.90 Å². The van der Waals surface area contributed by atoms with E-state index in [4.69, 9.17) is 0 Å². The van der Waals surface area contributed by atoms with E-state index < -0.39 is 0 Å². The van der Waals surface area contributed by atoms with Gasteiger partial charge in [0.2, 0.25) is 5.95 Å². The highest BCUT2D eigenvalue weighted by molar-refractivity contribution is 5.53. The Morgan fingerprint density at radius 3 is 2.69 bits per heavy atom. The molecule has 1 aliphatic heterocycles. The third-order valence-corrected chi connectivity index (χ3v) is 5.44. The molecule has 8 heteroatoms. The largest absolute Gasteiger partial charge is 0.348 e. The molecular weight excluding hydrogens is 369 g/mol. The number of nitrogens with zero attached hydrogens (tertiary/aromatic N) is 6. The van der Waals surface area contributed by atoms with Crippen LogP contribution in [-0.4, -0.2) is 36.1 Å². The summed E-state index contributed by atoms with van der Waals surface area (Å²) in [5.41, 5.74) is 4.15. The van der Waals surface area contributed by atoms with Gasteiger partial charge in [-0.15, -0.1) is 0 Å². The van der Waals surface area contributed by atoms with Crippen molar-refractivity contribution < 1.29 is 4.39 Å². The van der Waals surface area contributed by atoms with Crippen molar-refractivity contribution in [2.75, 3.05) is 11.4 Å². The Balaban J connectivity index is 1.61. The fraction of sp³-hybridized carbons (Fsp3) is 0.333. The van der Waals surface area contributed by atoms with Crippen LogP contribution in [0.4, 0.5) is 10.3 Å². The molecule has 148 valence electrons. The van der Waals surface area contributed by atoms with Gasteiger partial charge in [0.25, 0.3) is 0 Å². The summed E-state index contributed by atoms with van der Waals surface area (Å²) in [7, 11) is 0. The molecule has 1 atom stereocenters. The minimum absolute atomic E-state index is 0.0195. The van der Waals surface area contributed by atoms with E-state index in [2.05, 4.69) is 50.7 Å². The first-order valence-electron chi connectivity index (χ1n) is 9.67. The van der Waals surface area contributed by atoms with Gasteiger partial charge in [-0.1, -0.05) is 20.8 Å². The monoisotopic (exact) mass is 391 g/mol. The van der Waals surface area contributed by atoms with Crippen molar-refractivity contribution in [1.29, 1.82) is 0 Å². The highest BCUT2D eigenvalue weighted by Gasteiger charge is 2.34. The number of rotatable bonds is 2. The Morgan fingerprint density at radius 1 is 1.17 bits per heavy atom. The van der Waals surface area contributed by atoms with E-state index in [1.807, 2.05) is 12.4 Å². The molecule has 5 rings (SSSR count). The van der Waals surface area contributed by atoms with E-state index in [0.717, 1.165) is 23.4 Å². The molecule has 0 fully saturated rings. The zero-order chi connectivity index (χ0) is 20.2. The molecule has 0 saturated heterocycles. The SMILES string of the molecule is CC(C)(C)c1cnc(N2CCc3[nH]cnc3[C@@H]2c2cc3c(F)cccn3n2)nc1. The van der Waals surface area contributed by atoms with Crippen LogP contribution in [0, 0.1) is 5.82 Å². The molecular formula is C21H22FN7. The van der Waals surface area contributed by atoms with Crippen molar-refractivity contribution in [2.24, 2.45) is 0 Å². The molecule has 0 saturated carbocycles. The predicted octanol–water partition coefficient (Wildman–Crippen LogP) is 3.44. The molecule has 0 aliphatic carbocycles. The molecule has 0 amide bonds. The number of aromatic amines is 1. The molecule has 29 heavy (non-hydrogen) atoms. The second-order valence-electron chi connectivity index (χ2n) is 8.39. The maximum Gasteiger partial charge on any atom is 0.226 e. The number of aromatic nitrogens is 6. The number of halogens is 1. The highest BCUT2D eigenvalue weighted by atomic mass is 19.1. The molecule has 0 aromatic carbocycles. The third-order valence-electron chi connectivity index (χ3n) is 5.44. The first-order chi connectivity index (χ1) is 13.9. The first kappa shape index (κ1) is 17.8. The lowest BCUT2D eigenvalue weighted by Crippen LogP contribution is -2.37. The quantitative estimate of drug-likeness (QED) is 0.567. The van der Waals surface area contributed by atoms with Gasteiger partial charge in [0, 0.05) is 37.3 Å². The van der Waals surface area contributed by atoms with Crippen molar-refractivity contribution in [3.63, 3.8) is 0 Å². The van der Waals surface area contributed by atoms with E-state index in [1.165, 1.54) is 6.07 Å². The molecule has 0 unspecified atom stereocenters. The second-order valence-corrected chi connectivity index (χ2v) is 8.39. The van der Waals surface area contributed by atoms with Crippen LogP contribution in [0.15, 0.2) is 43.1 Å². The van der Waals surface area contributed by atoms with E-state index in [9.17, 15) is 4.39 Å². The van der Waals surface area contributed by atoms with Gasteiger partial charge in [0.05, 0.1) is 17.7 Å². The van der Waals surface area contributed by atoms with Crippen LogP contribution in [-0.2, 0) is 11.8 Å². The topological polar surface area (TPSA) is 75.0 Å². The number of hydrogen-bond acceptors (Lipinski definition) is 5. The average Bonchev–Trinajstić information content (AvgIpc) is 3.34. The summed E-state index contributed by atoms with van der Waals surface area (Å²) in [5.74, 6) is 0.316. The Labute approximate surface area is 167 Å². The van der Waals surface area contributed by atoms with Crippen LogP contribution >= 0.6 is 0 Å². The zero-order valence-corrected chi connectivity index (χ0v) is 16.6. The standard InChI is InChI=1S/C21H22FN7/c1-21(2,3)13-10-23-20(24-11-13)28-8-6-15-18(26-12-25-15)19(28)16-9-17-14(22)5-4-7-29(17)27-16/h4-5,7,9-12,19H,6,8H2,1-3H3,(H,25,26)/t19-/m0/s1. The number of hydrogen-bond donors (Lipinski definition) is 1. The van der Waals surface area contributed by atoms with E-state index in [0.29, 0.717) is 23.7 Å². The Hall–Kier alpha value is -3.29. The molecule has 1 N–H and O–H groups in total. The second kappa shape index (κ2) is 6.37. The van der Waals surface area contributed by atoms with Crippen molar-refractivity contribution in [1.82, 2.24) is 29.5 Å². The molecule has 0 radical (unpaired) electrons. The van der Waals surface area contributed by atoms with Gasteiger partial charge in [0.15, 0.2) is 0 Å². The predicted molar refractivity (Wildman–Crippen MR) is 107 cm³/mol. The summed E-state index contributed by atoms with van der Waals surface area (Å²) in [6, 6.07) is 4.57. The molecule has 4 aromatic heterocycles. The maximum absolute atomic E-state index is 14.3. The summed E-state index contributed by atoms with van der Waals surface area (Å²) in [5, 5.41) is 4.63. The number of nitrogens with one attached hydrogen (secondary N) is 1. The van der Waals surface area contributed by atoms with E-state index in [-0.39, 0.29) is 17.3 Å². The van der Waals surface area contributed by atoms with E-state index in [1.54, 1.807) is 29.2 Å². The normalized spacial score (nSPS) is 17.0. The van der Waals surface area contributed by atoms with Gasteiger partial charge in [-0.3, -0.25) is 0 Å². The fourth-order valence-corrected chi connectivity index (χ4v) is 3.78. The molecule has 0 spiro atoms. The Morgan fingerprint density at radius 2 is 1.97 bits per heavy atom. The summed E-state index contributed by atoms with van der Waals surface area (Å²) >= 11 is 0. The van der Waals surface area contributed by atoms with Crippen molar-refractivity contribution in [3.05, 3.63) is 71.6 Å². The first-order valence-corrected chi connectivity index (χ1v) is 9.67. The van der Waals surface area contributed by atoms with E-state index >= 15 is 0 Å². The van der Waals surface area contributed by atoms with Crippen LogP contribution in [0.25, 0.3) is 5.52 Å². The Kier molecular flexibility index (Phi) is 3.90. The number of pyridine rings is 1. The van der Waals surface area contributed by atoms with Crippen LogP contribution in [0.1, 0.15) is 49.5 Å². The number of H-pyrrole nitrogens is 1. The lowest BCUT2D eigenvalue weighted by Gasteiger charge is -2.34. The maximum atomic E-state index is 14.3. The minimum atomic E-state index is -0.304. The van der Waals surface area contributed by atoms with Gasteiger partial charge < -0.3 is 9.88 Å². The number of imidazole rings is 1.